The monoisotopic (exact) mass is 298 g/mol. The van der Waals surface area contributed by atoms with Crippen molar-refractivity contribution in [2.45, 2.75) is 0 Å². The summed E-state index contributed by atoms with van der Waals surface area (Å²) in [5, 5.41) is 10.9. The topological polar surface area (TPSA) is 71.3 Å². The van der Waals surface area contributed by atoms with Crippen LogP contribution < -0.4 is 14.8 Å². The van der Waals surface area contributed by atoms with Gasteiger partial charge in [0.1, 0.15) is 6.07 Å². The molecule has 1 amide bonds. The molecule has 0 bridgehead atoms. The molecule has 0 atom stereocenters. The number of ether oxygens (including phenoxy) is 2. The van der Waals surface area contributed by atoms with Gasteiger partial charge in [0.25, 0.3) is 5.91 Å². The molecule has 0 aliphatic heterocycles. The molecule has 1 rings (SSSR count). The first-order valence-electron chi connectivity index (χ1n) is 4.80. The maximum absolute atomic E-state index is 11.0. The third kappa shape index (κ3) is 4.33. The van der Waals surface area contributed by atoms with Gasteiger partial charge in [-0.3, -0.25) is 4.79 Å². The van der Waals surface area contributed by atoms with Crippen molar-refractivity contribution in [2.75, 3.05) is 20.3 Å². The van der Waals surface area contributed by atoms with Crippen molar-refractivity contribution >= 4 is 21.8 Å². The van der Waals surface area contributed by atoms with Crippen LogP contribution in [-0.4, -0.2) is 26.2 Å². The predicted octanol–water partition coefficient (Wildman–Crippen LogP) is 1.48. The van der Waals surface area contributed by atoms with Crippen LogP contribution >= 0.6 is 15.9 Å². The molecule has 0 radical (unpaired) electrons. The molecule has 5 nitrogen and oxygen atoms in total. The number of hydrogen-bond acceptors (Lipinski definition) is 4. The number of benzene rings is 1. The van der Waals surface area contributed by atoms with Gasteiger partial charge in [0.05, 0.1) is 0 Å². The summed E-state index contributed by atoms with van der Waals surface area (Å²) in [6.45, 7) is -0.173. The first-order chi connectivity index (χ1) is 8.17. The predicted molar refractivity (Wildman–Crippen MR) is 64.8 cm³/mol. The van der Waals surface area contributed by atoms with Gasteiger partial charge in [0.15, 0.2) is 24.7 Å². The summed E-state index contributed by atoms with van der Waals surface area (Å²) in [5.74, 6) is 0.607. The fraction of sp³-hybridized carbons (Fsp3) is 0.273. The number of nitriles is 1. The molecular formula is C11H11BrN2O3. The van der Waals surface area contributed by atoms with Crippen LogP contribution in [0.15, 0.2) is 22.7 Å². The lowest BCUT2D eigenvalue weighted by Gasteiger charge is -2.10. The van der Waals surface area contributed by atoms with E-state index in [9.17, 15) is 4.79 Å². The highest BCUT2D eigenvalue weighted by molar-refractivity contribution is 9.10. The van der Waals surface area contributed by atoms with E-state index in [2.05, 4.69) is 21.2 Å². The second-order valence-corrected chi connectivity index (χ2v) is 3.92. The highest BCUT2D eigenvalue weighted by atomic mass is 79.9. The molecule has 90 valence electrons. The summed E-state index contributed by atoms with van der Waals surface area (Å²) in [6, 6.07) is 6.97. The third-order valence-electron chi connectivity index (χ3n) is 1.84. The zero-order valence-corrected chi connectivity index (χ0v) is 10.8. The van der Waals surface area contributed by atoms with E-state index < -0.39 is 0 Å². The van der Waals surface area contributed by atoms with Gasteiger partial charge in [-0.2, -0.15) is 5.26 Å². The smallest absolute Gasteiger partial charge is 0.257 e. The van der Waals surface area contributed by atoms with Crippen LogP contribution in [0.4, 0.5) is 0 Å². The lowest BCUT2D eigenvalue weighted by molar-refractivity contribution is -0.122. The van der Waals surface area contributed by atoms with E-state index in [0.29, 0.717) is 11.5 Å². The Morgan fingerprint density at radius 2 is 2.24 bits per heavy atom. The largest absolute Gasteiger partial charge is 0.480 e. The van der Waals surface area contributed by atoms with Crippen LogP contribution in [0.5, 0.6) is 11.5 Å². The van der Waals surface area contributed by atoms with Crippen molar-refractivity contribution in [3.8, 4) is 17.6 Å². The normalized spacial score (nSPS) is 9.24. The Morgan fingerprint density at radius 1 is 1.47 bits per heavy atom. The number of carbonyl (C=O) groups excluding carboxylic acids is 1. The summed E-state index contributed by atoms with van der Waals surface area (Å²) < 4.78 is 11.3. The van der Waals surface area contributed by atoms with Gasteiger partial charge in [-0.1, -0.05) is 15.9 Å². The van der Waals surface area contributed by atoms with E-state index in [0.717, 1.165) is 4.47 Å². The average Bonchev–Trinajstić information content (AvgIpc) is 2.34. The van der Waals surface area contributed by atoms with Gasteiger partial charge in [-0.05, 0) is 18.2 Å². The molecule has 0 saturated heterocycles. The molecule has 1 N–H and O–H groups in total. The number of rotatable bonds is 5. The first kappa shape index (κ1) is 13.3. The molecular weight excluding hydrogens is 288 g/mol. The molecule has 0 heterocycles. The van der Waals surface area contributed by atoms with Gasteiger partial charge in [-0.15, -0.1) is 0 Å². The molecule has 0 saturated carbocycles. The molecule has 0 spiro atoms. The Morgan fingerprint density at radius 3 is 2.88 bits per heavy atom. The van der Waals surface area contributed by atoms with Crippen molar-refractivity contribution in [1.82, 2.24) is 5.32 Å². The minimum atomic E-state index is -0.237. The van der Waals surface area contributed by atoms with Crippen LogP contribution in [0.25, 0.3) is 0 Å². The second kappa shape index (κ2) is 6.76. The highest BCUT2D eigenvalue weighted by Gasteiger charge is 2.07. The lowest BCUT2D eigenvalue weighted by atomic mass is 10.3. The molecule has 0 aliphatic carbocycles. The standard InChI is InChI=1S/C11H11BrN2O3/c1-14-11(15)7-17-9-3-2-8(12)6-10(9)16-5-4-13/h2-3,6H,5,7H2,1H3,(H,14,15). The van der Waals surface area contributed by atoms with Crippen molar-refractivity contribution in [1.29, 1.82) is 5.26 Å². The Hall–Kier alpha value is -1.74. The molecule has 0 aliphatic rings. The highest BCUT2D eigenvalue weighted by Crippen LogP contribution is 2.30. The van der Waals surface area contributed by atoms with Crippen molar-refractivity contribution < 1.29 is 14.3 Å². The van der Waals surface area contributed by atoms with Gasteiger partial charge in [-0.25, -0.2) is 0 Å². The van der Waals surface area contributed by atoms with Crippen molar-refractivity contribution in [3.63, 3.8) is 0 Å². The van der Waals surface area contributed by atoms with E-state index in [1.54, 1.807) is 18.2 Å². The van der Waals surface area contributed by atoms with Crippen LogP contribution in [0.3, 0.4) is 0 Å². The van der Waals surface area contributed by atoms with Crippen LogP contribution in [0, 0.1) is 11.3 Å². The maximum Gasteiger partial charge on any atom is 0.257 e. The number of amides is 1. The fourth-order valence-electron chi connectivity index (χ4n) is 1.04. The van der Waals surface area contributed by atoms with Crippen molar-refractivity contribution in [2.24, 2.45) is 0 Å². The number of likely N-dealkylation sites (N-methyl/N-ethyl adjacent to an activating group) is 1. The minimum Gasteiger partial charge on any atom is -0.480 e. The lowest BCUT2D eigenvalue weighted by Crippen LogP contribution is -2.24. The molecule has 1 aromatic rings. The van der Waals surface area contributed by atoms with E-state index in [1.807, 2.05) is 6.07 Å². The molecule has 0 fully saturated rings. The zero-order chi connectivity index (χ0) is 12.7. The number of carbonyl (C=O) groups is 1. The zero-order valence-electron chi connectivity index (χ0n) is 9.20. The Kier molecular flexibility index (Phi) is 5.30. The summed E-state index contributed by atoms with van der Waals surface area (Å²) in [4.78, 5) is 11.0. The number of halogens is 1. The van der Waals surface area contributed by atoms with Crippen LogP contribution in [-0.2, 0) is 4.79 Å². The van der Waals surface area contributed by atoms with Gasteiger partial charge in [0.2, 0.25) is 0 Å². The number of nitrogens with one attached hydrogen (secondary N) is 1. The second-order valence-electron chi connectivity index (χ2n) is 3.00. The molecule has 0 unspecified atom stereocenters. The Bertz CT molecular complexity index is 443. The van der Waals surface area contributed by atoms with Gasteiger partial charge >= 0.3 is 0 Å². The molecule has 6 heteroatoms. The molecule has 17 heavy (non-hydrogen) atoms. The number of hydrogen-bond donors (Lipinski definition) is 1. The summed E-state index contributed by atoms with van der Waals surface area (Å²) in [6.07, 6.45) is 0. The summed E-state index contributed by atoms with van der Waals surface area (Å²) >= 11 is 3.28. The molecule has 0 aromatic heterocycles. The minimum absolute atomic E-state index is 0.0766. The molecule has 1 aromatic carbocycles. The number of nitrogens with zero attached hydrogens (tertiary/aromatic N) is 1. The van der Waals surface area contributed by atoms with E-state index in [-0.39, 0.29) is 19.1 Å². The SMILES string of the molecule is CNC(=O)COc1ccc(Br)cc1OCC#N. The first-order valence-corrected chi connectivity index (χ1v) is 5.59. The average molecular weight is 299 g/mol. The quantitative estimate of drug-likeness (QED) is 0.894. The van der Waals surface area contributed by atoms with E-state index in [1.165, 1.54) is 7.05 Å². The van der Waals surface area contributed by atoms with Gasteiger partial charge in [0, 0.05) is 11.5 Å². The Labute approximate surface area is 107 Å². The summed E-state index contributed by atoms with van der Waals surface area (Å²) in [7, 11) is 1.53. The van der Waals surface area contributed by atoms with Crippen molar-refractivity contribution in [3.05, 3.63) is 22.7 Å². The van der Waals surface area contributed by atoms with E-state index >= 15 is 0 Å². The maximum atomic E-state index is 11.0. The van der Waals surface area contributed by atoms with Crippen LogP contribution in [0.1, 0.15) is 0 Å². The fourth-order valence-corrected chi connectivity index (χ4v) is 1.38. The summed E-state index contributed by atoms with van der Waals surface area (Å²) in [5.41, 5.74) is 0. The van der Waals surface area contributed by atoms with Crippen LogP contribution in [0.2, 0.25) is 0 Å². The third-order valence-corrected chi connectivity index (χ3v) is 2.33. The van der Waals surface area contributed by atoms with Gasteiger partial charge < -0.3 is 14.8 Å². The van der Waals surface area contributed by atoms with E-state index in [4.69, 9.17) is 14.7 Å². The Balaban J connectivity index is 2.75.